The maximum absolute atomic E-state index is 12.2. The zero-order chi connectivity index (χ0) is 16.9. The average Bonchev–Trinajstić information content (AvgIpc) is 3.30. The highest BCUT2D eigenvalue weighted by Gasteiger charge is 2.18. The Morgan fingerprint density at radius 2 is 2.21 bits per heavy atom. The molecular formula is C17H20N2O4S. The van der Waals surface area contributed by atoms with Crippen LogP contribution in [0.2, 0.25) is 0 Å². The van der Waals surface area contributed by atoms with Crippen LogP contribution in [0.1, 0.15) is 23.3 Å². The molecule has 0 saturated carbocycles. The Hall–Kier alpha value is -2.12. The molecule has 24 heavy (non-hydrogen) atoms. The molecule has 0 spiro atoms. The van der Waals surface area contributed by atoms with E-state index in [1.165, 1.54) is 11.3 Å². The van der Waals surface area contributed by atoms with Gasteiger partial charge in [0.1, 0.15) is 10.7 Å². The van der Waals surface area contributed by atoms with Crippen molar-refractivity contribution in [3.8, 4) is 22.1 Å². The minimum atomic E-state index is -0.173. The van der Waals surface area contributed by atoms with Gasteiger partial charge < -0.3 is 19.5 Å². The van der Waals surface area contributed by atoms with Gasteiger partial charge in [-0.05, 0) is 31.0 Å². The average molecular weight is 348 g/mol. The van der Waals surface area contributed by atoms with Gasteiger partial charge in [0.2, 0.25) is 0 Å². The molecule has 1 aromatic heterocycles. The molecule has 3 rings (SSSR count). The summed E-state index contributed by atoms with van der Waals surface area (Å²) in [6.07, 6.45) is 2.17. The van der Waals surface area contributed by atoms with E-state index in [2.05, 4.69) is 10.3 Å². The highest BCUT2D eigenvalue weighted by Crippen LogP contribution is 2.33. The van der Waals surface area contributed by atoms with Crippen molar-refractivity contribution in [1.29, 1.82) is 0 Å². The molecule has 1 saturated heterocycles. The van der Waals surface area contributed by atoms with Crippen LogP contribution < -0.4 is 14.8 Å². The van der Waals surface area contributed by atoms with E-state index >= 15 is 0 Å². The summed E-state index contributed by atoms with van der Waals surface area (Å²) in [6, 6.07) is 5.58. The Bertz CT molecular complexity index is 710. The fourth-order valence-corrected chi connectivity index (χ4v) is 3.38. The molecule has 1 amide bonds. The summed E-state index contributed by atoms with van der Waals surface area (Å²) in [5, 5.41) is 5.41. The normalized spacial score (nSPS) is 16.8. The second-order valence-electron chi connectivity index (χ2n) is 5.45. The predicted molar refractivity (Wildman–Crippen MR) is 92.0 cm³/mol. The van der Waals surface area contributed by atoms with Crippen LogP contribution in [0.25, 0.3) is 10.6 Å². The summed E-state index contributed by atoms with van der Waals surface area (Å²) in [7, 11) is 3.19. The highest BCUT2D eigenvalue weighted by atomic mass is 32.1. The number of ether oxygens (including phenoxy) is 3. The summed E-state index contributed by atoms with van der Waals surface area (Å²) in [5.74, 6) is 1.12. The molecule has 2 aromatic rings. The van der Waals surface area contributed by atoms with Crippen molar-refractivity contribution in [3.05, 3.63) is 29.3 Å². The van der Waals surface area contributed by atoms with Crippen LogP contribution in [0.5, 0.6) is 11.5 Å². The lowest BCUT2D eigenvalue weighted by Crippen LogP contribution is -2.31. The Labute approximate surface area is 144 Å². The number of rotatable bonds is 6. The first-order valence-corrected chi connectivity index (χ1v) is 8.67. The van der Waals surface area contributed by atoms with Gasteiger partial charge in [-0.15, -0.1) is 11.3 Å². The van der Waals surface area contributed by atoms with Crippen molar-refractivity contribution < 1.29 is 19.0 Å². The second-order valence-corrected chi connectivity index (χ2v) is 6.31. The number of benzene rings is 1. The van der Waals surface area contributed by atoms with Crippen molar-refractivity contribution in [2.24, 2.45) is 0 Å². The Morgan fingerprint density at radius 1 is 1.38 bits per heavy atom. The van der Waals surface area contributed by atoms with Gasteiger partial charge in [0, 0.05) is 24.1 Å². The second kappa shape index (κ2) is 7.63. The van der Waals surface area contributed by atoms with E-state index in [1.54, 1.807) is 19.6 Å². The summed E-state index contributed by atoms with van der Waals surface area (Å²) in [4.78, 5) is 16.6. The van der Waals surface area contributed by atoms with Crippen molar-refractivity contribution in [2.45, 2.75) is 18.9 Å². The molecule has 128 valence electrons. The first-order valence-electron chi connectivity index (χ1n) is 7.79. The quantitative estimate of drug-likeness (QED) is 0.869. The zero-order valence-electron chi connectivity index (χ0n) is 13.7. The summed E-state index contributed by atoms with van der Waals surface area (Å²) >= 11 is 1.42. The van der Waals surface area contributed by atoms with Gasteiger partial charge in [0.15, 0.2) is 11.5 Å². The maximum Gasteiger partial charge on any atom is 0.270 e. The number of carbonyl (C=O) groups excluding carboxylic acids is 1. The van der Waals surface area contributed by atoms with Crippen LogP contribution in [0.4, 0.5) is 0 Å². The largest absolute Gasteiger partial charge is 0.493 e. The molecule has 6 nitrogen and oxygen atoms in total. The number of hydrogen-bond donors (Lipinski definition) is 1. The van der Waals surface area contributed by atoms with Gasteiger partial charge in [-0.3, -0.25) is 4.79 Å². The van der Waals surface area contributed by atoms with E-state index in [4.69, 9.17) is 14.2 Å². The topological polar surface area (TPSA) is 69.7 Å². The Kier molecular flexibility index (Phi) is 5.32. The smallest absolute Gasteiger partial charge is 0.270 e. The van der Waals surface area contributed by atoms with E-state index < -0.39 is 0 Å². The van der Waals surface area contributed by atoms with Crippen LogP contribution in [-0.4, -0.2) is 44.4 Å². The first kappa shape index (κ1) is 16.7. The SMILES string of the molecule is COc1ccc(-c2nc(C(=O)NC[C@@H]3CCCO3)cs2)cc1OC. The molecule has 7 heteroatoms. The minimum absolute atomic E-state index is 0.123. The van der Waals surface area contributed by atoms with Gasteiger partial charge >= 0.3 is 0 Å². The van der Waals surface area contributed by atoms with Crippen LogP contribution in [0.15, 0.2) is 23.6 Å². The van der Waals surface area contributed by atoms with Gasteiger partial charge in [0.25, 0.3) is 5.91 Å². The number of nitrogens with one attached hydrogen (secondary N) is 1. The van der Waals surface area contributed by atoms with E-state index in [9.17, 15) is 4.79 Å². The molecule has 1 N–H and O–H groups in total. The molecule has 1 aromatic carbocycles. The van der Waals surface area contributed by atoms with Crippen LogP contribution in [0.3, 0.4) is 0 Å². The van der Waals surface area contributed by atoms with E-state index in [1.807, 2.05) is 18.2 Å². The van der Waals surface area contributed by atoms with Gasteiger partial charge in [0.05, 0.1) is 20.3 Å². The van der Waals surface area contributed by atoms with E-state index in [0.29, 0.717) is 23.7 Å². The molecule has 1 aliphatic heterocycles. The lowest BCUT2D eigenvalue weighted by atomic mass is 10.2. The molecule has 0 aliphatic carbocycles. The van der Waals surface area contributed by atoms with Crippen molar-refractivity contribution in [2.75, 3.05) is 27.4 Å². The Morgan fingerprint density at radius 3 is 2.92 bits per heavy atom. The highest BCUT2D eigenvalue weighted by molar-refractivity contribution is 7.13. The third-order valence-electron chi connectivity index (χ3n) is 3.88. The fourth-order valence-electron chi connectivity index (χ4n) is 2.58. The number of hydrogen-bond acceptors (Lipinski definition) is 6. The first-order chi connectivity index (χ1) is 11.7. The third-order valence-corrected chi connectivity index (χ3v) is 4.77. The number of aromatic nitrogens is 1. The molecule has 1 atom stereocenters. The number of nitrogens with zero attached hydrogens (tertiary/aromatic N) is 1. The zero-order valence-corrected chi connectivity index (χ0v) is 14.5. The standard InChI is InChI=1S/C17H20N2O4S/c1-21-14-6-5-11(8-15(14)22-2)17-19-13(10-24-17)16(20)18-9-12-4-3-7-23-12/h5-6,8,10,12H,3-4,7,9H2,1-2H3,(H,18,20)/t12-/m0/s1. The van der Waals surface area contributed by atoms with Crippen LogP contribution >= 0.6 is 11.3 Å². The Balaban J connectivity index is 1.69. The number of thiazole rings is 1. The molecule has 0 bridgehead atoms. The van der Waals surface area contributed by atoms with Crippen molar-refractivity contribution in [3.63, 3.8) is 0 Å². The number of carbonyl (C=O) groups is 1. The van der Waals surface area contributed by atoms with Crippen LogP contribution in [0, 0.1) is 0 Å². The lowest BCUT2D eigenvalue weighted by Gasteiger charge is -2.09. The number of methoxy groups -OCH3 is 2. The molecule has 2 heterocycles. The van der Waals surface area contributed by atoms with Gasteiger partial charge in [-0.2, -0.15) is 0 Å². The molecule has 0 unspecified atom stereocenters. The monoisotopic (exact) mass is 348 g/mol. The van der Waals surface area contributed by atoms with E-state index in [-0.39, 0.29) is 12.0 Å². The van der Waals surface area contributed by atoms with Crippen LogP contribution in [-0.2, 0) is 4.74 Å². The number of amides is 1. The maximum atomic E-state index is 12.2. The molecule has 1 aliphatic rings. The molecule has 0 radical (unpaired) electrons. The third kappa shape index (κ3) is 3.68. The van der Waals surface area contributed by atoms with Crippen molar-refractivity contribution in [1.82, 2.24) is 10.3 Å². The van der Waals surface area contributed by atoms with Gasteiger partial charge in [-0.25, -0.2) is 4.98 Å². The summed E-state index contributed by atoms with van der Waals surface area (Å²) in [5.41, 5.74) is 1.30. The van der Waals surface area contributed by atoms with Gasteiger partial charge in [-0.1, -0.05) is 0 Å². The molecule has 1 fully saturated rings. The summed E-state index contributed by atoms with van der Waals surface area (Å²) < 4.78 is 16.0. The van der Waals surface area contributed by atoms with Crippen molar-refractivity contribution >= 4 is 17.2 Å². The van der Waals surface area contributed by atoms with E-state index in [0.717, 1.165) is 30.0 Å². The predicted octanol–water partition coefficient (Wildman–Crippen LogP) is 2.74. The minimum Gasteiger partial charge on any atom is -0.493 e. The summed E-state index contributed by atoms with van der Waals surface area (Å²) in [6.45, 7) is 1.31. The molecular weight excluding hydrogens is 328 g/mol. The fraction of sp³-hybridized carbons (Fsp3) is 0.412. The lowest BCUT2D eigenvalue weighted by molar-refractivity contribution is 0.0854.